The van der Waals surface area contributed by atoms with Gasteiger partial charge < -0.3 is 9.51 Å². The Morgan fingerprint density at radius 1 is 1.62 bits per heavy atom. The van der Waals surface area contributed by atoms with E-state index in [2.05, 4.69) is 26.1 Å². The summed E-state index contributed by atoms with van der Waals surface area (Å²) in [5, 5.41) is 12.2. The van der Waals surface area contributed by atoms with Crippen molar-refractivity contribution in [3.05, 3.63) is 28.5 Å². The minimum absolute atomic E-state index is 0.254. The molecule has 0 aliphatic rings. The van der Waals surface area contributed by atoms with E-state index in [9.17, 15) is 0 Å². The summed E-state index contributed by atoms with van der Waals surface area (Å²) < 4.78 is 5.56. The van der Waals surface area contributed by atoms with E-state index < -0.39 is 0 Å². The van der Waals surface area contributed by atoms with E-state index in [1.54, 1.807) is 6.20 Å². The standard InChI is InChI=1S/C8H4BrN3O/c9-7-6(4-10)12-13-8(7)5-2-1-3-11-5/h1-3,11H. The molecule has 0 amide bonds. The van der Waals surface area contributed by atoms with Gasteiger partial charge in [0.15, 0.2) is 11.5 Å². The van der Waals surface area contributed by atoms with Gasteiger partial charge in [-0.15, -0.1) is 0 Å². The molecule has 0 bridgehead atoms. The molecule has 0 aliphatic carbocycles. The molecule has 0 radical (unpaired) electrons. The van der Waals surface area contributed by atoms with E-state index in [0.717, 1.165) is 5.69 Å². The number of rotatable bonds is 1. The molecular formula is C8H4BrN3O. The van der Waals surface area contributed by atoms with Crippen LogP contribution < -0.4 is 0 Å². The van der Waals surface area contributed by atoms with Crippen LogP contribution in [0.4, 0.5) is 0 Å². The Bertz CT molecular complexity index is 452. The monoisotopic (exact) mass is 237 g/mol. The Balaban J connectivity index is 2.55. The average molecular weight is 238 g/mol. The van der Waals surface area contributed by atoms with Crippen LogP contribution >= 0.6 is 15.9 Å². The van der Waals surface area contributed by atoms with Gasteiger partial charge in [0, 0.05) is 6.20 Å². The van der Waals surface area contributed by atoms with Crippen LogP contribution in [0.1, 0.15) is 5.69 Å². The molecule has 64 valence electrons. The largest absolute Gasteiger partial charge is 0.359 e. The maximum absolute atomic E-state index is 8.62. The number of halogens is 1. The van der Waals surface area contributed by atoms with Gasteiger partial charge in [0.25, 0.3) is 0 Å². The Kier molecular flexibility index (Phi) is 1.91. The lowest BCUT2D eigenvalue weighted by Gasteiger charge is -1.88. The highest BCUT2D eigenvalue weighted by molar-refractivity contribution is 9.10. The lowest BCUT2D eigenvalue weighted by Crippen LogP contribution is -1.74. The van der Waals surface area contributed by atoms with Crippen LogP contribution in [0.3, 0.4) is 0 Å². The zero-order chi connectivity index (χ0) is 9.26. The Labute approximate surface area is 82.3 Å². The van der Waals surface area contributed by atoms with Gasteiger partial charge in [-0.3, -0.25) is 0 Å². The number of aromatic nitrogens is 2. The van der Waals surface area contributed by atoms with Crippen LogP contribution in [0.5, 0.6) is 0 Å². The topological polar surface area (TPSA) is 65.6 Å². The van der Waals surface area contributed by atoms with Crippen molar-refractivity contribution in [3.63, 3.8) is 0 Å². The summed E-state index contributed by atoms with van der Waals surface area (Å²) in [6, 6.07) is 5.60. The number of hydrogen-bond acceptors (Lipinski definition) is 3. The van der Waals surface area contributed by atoms with E-state index in [4.69, 9.17) is 9.78 Å². The molecule has 1 N–H and O–H groups in total. The molecule has 13 heavy (non-hydrogen) atoms. The summed E-state index contributed by atoms with van der Waals surface area (Å²) in [7, 11) is 0. The smallest absolute Gasteiger partial charge is 0.198 e. The fourth-order valence-corrected chi connectivity index (χ4v) is 1.43. The Hall–Kier alpha value is -1.54. The summed E-state index contributed by atoms with van der Waals surface area (Å²) in [4.78, 5) is 2.96. The highest BCUT2D eigenvalue weighted by Gasteiger charge is 2.14. The van der Waals surface area contributed by atoms with Crippen molar-refractivity contribution in [2.75, 3.05) is 0 Å². The predicted octanol–water partition coefficient (Wildman–Crippen LogP) is 2.30. The van der Waals surface area contributed by atoms with Crippen molar-refractivity contribution in [1.82, 2.24) is 10.1 Å². The van der Waals surface area contributed by atoms with E-state index >= 15 is 0 Å². The quantitative estimate of drug-likeness (QED) is 0.828. The second-order valence-electron chi connectivity index (χ2n) is 2.37. The van der Waals surface area contributed by atoms with E-state index in [1.807, 2.05) is 18.2 Å². The molecule has 2 rings (SSSR count). The molecular weight excluding hydrogens is 234 g/mol. The van der Waals surface area contributed by atoms with Gasteiger partial charge in [0.1, 0.15) is 10.5 Å². The first-order valence-electron chi connectivity index (χ1n) is 3.52. The van der Waals surface area contributed by atoms with Gasteiger partial charge in [-0.2, -0.15) is 5.26 Å². The fourth-order valence-electron chi connectivity index (χ4n) is 0.987. The highest BCUT2D eigenvalue weighted by atomic mass is 79.9. The van der Waals surface area contributed by atoms with Gasteiger partial charge in [0.05, 0.1) is 5.69 Å². The van der Waals surface area contributed by atoms with E-state index in [1.165, 1.54) is 0 Å². The van der Waals surface area contributed by atoms with Crippen molar-refractivity contribution in [2.24, 2.45) is 0 Å². The third-order valence-electron chi connectivity index (χ3n) is 1.58. The van der Waals surface area contributed by atoms with Crippen molar-refractivity contribution in [3.8, 4) is 17.5 Å². The molecule has 0 spiro atoms. The zero-order valence-corrected chi connectivity index (χ0v) is 8.00. The number of H-pyrrole nitrogens is 1. The SMILES string of the molecule is N#Cc1noc(-c2ccc[nH]2)c1Br. The number of hydrogen-bond donors (Lipinski definition) is 1. The third kappa shape index (κ3) is 1.25. The molecule has 2 aromatic rings. The molecule has 0 fully saturated rings. The minimum atomic E-state index is 0.254. The van der Waals surface area contributed by atoms with Gasteiger partial charge >= 0.3 is 0 Å². The van der Waals surface area contributed by atoms with Crippen molar-refractivity contribution in [1.29, 1.82) is 5.26 Å². The molecule has 4 nitrogen and oxygen atoms in total. The Morgan fingerprint density at radius 2 is 2.46 bits per heavy atom. The molecule has 0 saturated heterocycles. The molecule has 0 atom stereocenters. The van der Waals surface area contributed by atoms with E-state index in [0.29, 0.717) is 10.2 Å². The molecule has 2 heterocycles. The third-order valence-corrected chi connectivity index (χ3v) is 2.32. The second kappa shape index (κ2) is 3.07. The van der Waals surface area contributed by atoms with Gasteiger partial charge in [-0.1, -0.05) is 5.16 Å². The van der Waals surface area contributed by atoms with Crippen LogP contribution in [0.2, 0.25) is 0 Å². The summed E-state index contributed by atoms with van der Waals surface area (Å²) in [6.45, 7) is 0. The molecule has 2 aromatic heterocycles. The van der Waals surface area contributed by atoms with E-state index in [-0.39, 0.29) is 5.69 Å². The molecule has 0 saturated carbocycles. The molecule has 0 aliphatic heterocycles. The lowest BCUT2D eigenvalue weighted by atomic mass is 10.3. The normalized spacial score (nSPS) is 9.85. The minimum Gasteiger partial charge on any atom is -0.359 e. The first kappa shape index (κ1) is 8.08. The van der Waals surface area contributed by atoms with Gasteiger partial charge in [-0.25, -0.2) is 0 Å². The number of aromatic amines is 1. The molecule has 0 aromatic carbocycles. The first-order chi connectivity index (χ1) is 6.33. The number of nitrogens with one attached hydrogen (secondary N) is 1. The number of nitriles is 1. The zero-order valence-electron chi connectivity index (χ0n) is 6.41. The van der Waals surface area contributed by atoms with Crippen LogP contribution in [-0.2, 0) is 0 Å². The Morgan fingerprint density at radius 3 is 3.00 bits per heavy atom. The average Bonchev–Trinajstić information content (AvgIpc) is 2.72. The number of nitrogens with zero attached hydrogens (tertiary/aromatic N) is 2. The summed E-state index contributed by atoms with van der Waals surface area (Å²) >= 11 is 3.23. The van der Waals surface area contributed by atoms with Gasteiger partial charge in [-0.05, 0) is 28.1 Å². The summed E-state index contributed by atoms with van der Waals surface area (Å²) in [5.41, 5.74) is 1.05. The van der Waals surface area contributed by atoms with Crippen molar-refractivity contribution in [2.45, 2.75) is 0 Å². The van der Waals surface area contributed by atoms with Crippen LogP contribution in [0.25, 0.3) is 11.5 Å². The van der Waals surface area contributed by atoms with Gasteiger partial charge in [0.2, 0.25) is 0 Å². The first-order valence-corrected chi connectivity index (χ1v) is 4.31. The molecule has 5 heteroatoms. The van der Waals surface area contributed by atoms with Crippen molar-refractivity contribution >= 4 is 15.9 Å². The predicted molar refractivity (Wildman–Crippen MR) is 48.7 cm³/mol. The fraction of sp³-hybridized carbons (Fsp3) is 0. The van der Waals surface area contributed by atoms with Crippen LogP contribution in [0, 0.1) is 11.3 Å². The highest BCUT2D eigenvalue weighted by Crippen LogP contribution is 2.29. The summed E-state index contributed by atoms with van der Waals surface area (Å²) in [6.07, 6.45) is 1.77. The van der Waals surface area contributed by atoms with Crippen LogP contribution in [-0.4, -0.2) is 10.1 Å². The second-order valence-corrected chi connectivity index (χ2v) is 3.16. The van der Waals surface area contributed by atoms with Crippen molar-refractivity contribution < 1.29 is 4.52 Å². The lowest BCUT2D eigenvalue weighted by molar-refractivity contribution is 0.429. The maximum Gasteiger partial charge on any atom is 0.198 e. The van der Waals surface area contributed by atoms with Crippen LogP contribution in [0.15, 0.2) is 27.3 Å². The summed E-state index contributed by atoms with van der Waals surface area (Å²) in [5.74, 6) is 0.543. The maximum atomic E-state index is 8.62. The molecule has 0 unspecified atom stereocenters.